The molecule has 0 spiro atoms. The highest BCUT2D eigenvalue weighted by molar-refractivity contribution is 7.92. The van der Waals surface area contributed by atoms with Gasteiger partial charge in [0.1, 0.15) is 5.75 Å². The van der Waals surface area contributed by atoms with Crippen molar-refractivity contribution >= 4 is 15.7 Å². The zero-order valence-corrected chi connectivity index (χ0v) is 14.2. The molecule has 0 radical (unpaired) electrons. The maximum absolute atomic E-state index is 12.2. The molecule has 0 aliphatic carbocycles. The molecule has 4 nitrogen and oxygen atoms in total. The molecular weight excluding hydrogens is 298 g/mol. The van der Waals surface area contributed by atoms with Crippen molar-refractivity contribution in [3.63, 3.8) is 0 Å². The molecule has 1 saturated heterocycles. The molecule has 1 aromatic rings. The number of hydrogen-bond donors (Lipinski definition) is 0. The Kier molecular flexibility index (Phi) is 5.62. The first kappa shape index (κ1) is 17.0. The second-order valence-corrected chi connectivity index (χ2v) is 8.40. The molecule has 1 fully saturated rings. The molecule has 0 bridgehead atoms. The average Bonchev–Trinajstić information content (AvgIpc) is 2.47. The highest BCUT2D eigenvalue weighted by Gasteiger charge is 2.31. The minimum atomic E-state index is -3.25. The first-order chi connectivity index (χ1) is 10.4. The standard InChI is InChI=1S/C17H25NO3S/c1-3-11-22(20,21)13-17(19)18-10-9-16(14(2)12-18)15-7-5-4-6-8-15/h4-8,14,16H,3,9-13H2,1-2H3. The van der Waals surface area contributed by atoms with E-state index in [4.69, 9.17) is 0 Å². The number of benzene rings is 1. The van der Waals surface area contributed by atoms with Gasteiger partial charge in [-0.2, -0.15) is 0 Å². The van der Waals surface area contributed by atoms with Crippen LogP contribution in [0.3, 0.4) is 0 Å². The van der Waals surface area contributed by atoms with Crippen LogP contribution in [0.2, 0.25) is 0 Å². The fraction of sp³-hybridized carbons (Fsp3) is 0.588. The number of rotatable bonds is 5. The van der Waals surface area contributed by atoms with E-state index >= 15 is 0 Å². The lowest BCUT2D eigenvalue weighted by molar-refractivity contribution is -0.130. The normalized spacial score (nSPS) is 22.5. The number of nitrogens with zero attached hydrogens (tertiary/aromatic N) is 1. The lowest BCUT2D eigenvalue weighted by Gasteiger charge is -2.37. The summed E-state index contributed by atoms with van der Waals surface area (Å²) in [6.07, 6.45) is 1.45. The Morgan fingerprint density at radius 1 is 1.27 bits per heavy atom. The Morgan fingerprint density at radius 2 is 1.95 bits per heavy atom. The molecule has 2 atom stereocenters. The summed E-state index contributed by atoms with van der Waals surface area (Å²) in [5.41, 5.74) is 1.31. The van der Waals surface area contributed by atoms with Crippen molar-refractivity contribution in [2.24, 2.45) is 5.92 Å². The van der Waals surface area contributed by atoms with E-state index < -0.39 is 9.84 Å². The number of piperidine rings is 1. The minimum Gasteiger partial charge on any atom is -0.342 e. The molecular formula is C17H25NO3S. The van der Waals surface area contributed by atoms with Crippen molar-refractivity contribution in [1.82, 2.24) is 4.90 Å². The van der Waals surface area contributed by atoms with Gasteiger partial charge in [0.2, 0.25) is 5.91 Å². The van der Waals surface area contributed by atoms with Gasteiger partial charge in [-0.25, -0.2) is 8.42 Å². The van der Waals surface area contributed by atoms with Gasteiger partial charge in [-0.15, -0.1) is 0 Å². The topological polar surface area (TPSA) is 54.5 Å². The van der Waals surface area contributed by atoms with Gasteiger partial charge in [0.15, 0.2) is 9.84 Å². The second kappa shape index (κ2) is 7.27. The minimum absolute atomic E-state index is 0.0920. The third-order valence-electron chi connectivity index (χ3n) is 4.34. The molecule has 0 N–H and O–H groups in total. The summed E-state index contributed by atoms with van der Waals surface area (Å²) >= 11 is 0. The predicted molar refractivity (Wildman–Crippen MR) is 88.5 cm³/mol. The van der Waals surface area contributed by atoms with E-state index in [0.717, 1.165) is 6.42 Å². The van der Waals surface area contributed by atoms with E-state index in [1.807, 2.05) is 25.1 Å². The van der Waals surface area contributed by atoms with Crippen LogP contribution in [0.15, 0.2) is 30.3 Å². The van der Waals surface area contributed by atoms with Crippen LogP contribution in [0.4, 0.5) is 0 Å². The lowest BCUT2D eigenvalue weighted by Crippen LogP contribution is -2.44. The molecule has 22 heavy (non-hydrogen) atoms. The van der Waals surface area contributed by atoms with Gasteiger partial charge in [-0.3, -0.25) is 4.79 Å². The molecule has 2 rings (SSSR count). The van der Waals surface area contributed by atoms with Gasteiger partial charge in [0.25, 0.3) is 0 Å². The van der Waals surface area contributed by atoms with Gasteiger partial charge < -0.3 is 4.90 Å². The van der Waals surface area contributed by atoms with Crippen molar-refractivity contribution in [2.75, 3.05) is 24.6 Å². The molecule has 5 heteroatoms. The summed E-state index contributed by atoms with van der Waals surface area (Å²) < 4.78 is 23.6. The van der Waals surface area contributed by atoms with Crippen LogP contribution in [-0.4, -0.2) is 43.8 Å². The first-order valence-corrected chi connectivity index (χ1v) is 9.78. The van der Waals surface area contributed by atoms with E-state index in [2.05, 4.69) is 19.1 Å². The second-order valence-electron chi connectivity index (χ2n) is 6.21. The number of hydrogen-bond acceptors (Lipinski definition) is 3. The van der Waals surface area contributed by atoms with Crippen molar-refractivity contribution in [2.45, 2.75) is 32.6 Å². The number of carbonyl (C=O) groups excluding carboxylic acids is 1. The maximum atomic E-state index is 12.2. The fourth-order valence-electron chi connectivity index (χ4n) is 3.23. The molecule has 1 aliphatic rings. The molecule has 1 heterocycles. The van der Waals surface area contributed by atoms with Crippen LogP contribution >= 0.6 is 0 Å². The van der Waals surface area contributed by atoms with E-state index in [-0.39, 0.29) is 17.4 Å². The molecule has 1 aromatic carbocycles. The van der Waals surface area contributed by atoms with Crippen LogP contribution in [0.5, 0.6) is 0 Å². The van der Waals surface area contributed by atoms with Crippen molar-refractivity contribution in [1.29, 1.82) is 0 Å². The molecule has 2 unspecified atom stereocenters. The number of likely N-dealkylation sites (tertiary alicyclic amines) is 1. The largest absolute Gasteiger partial charge is 0.342 e. The van der Waals surface area contributed by atoms with E-state index in [1.54, 1.807) is 4.90 Å². The van der Waals surface area contributed by atoms with Crippen LogP contribution < -0.4 is 0 Å². The molecule has 1 aliphatic heterocycles. The van der Waals surface area contributed by atoms with Crippen LogP contribution in [0.1, 0.15) is 38.2 Å². The summed E-state index contributed by atoms with van der Waals surface area (Å²) in [6.45, 7) is 5.23. The molecule has 122 valence electrons. The number of sulfone groups is 1. The van der Waals surface area contributed by atoms with Crippen molar-refractivity contribution < 1.29 is 13.2 Å². The SMILES string of the molecule is CCCS(=O)(=O)CC(=O)N1CCC(c2ccccc2)C(C)C1. The maximum Gasteiger partial charge on any atom is 0.237 e. The summed E-state index contributed by atoms with van der Waals surface area (Å²) in [6, 6.07) is 10.3. The highest BCUT2D eigenvalue weighted by Crippen LogP contribution is 2.32. The number of amides is 1. The summed E-state index contributed by atoms with van der Waals surface area (Å²) in [5, 5.41) is 0. The number of carbonyl (C=O) groups is 1. The van der Waals surface area contributed by atoms with E-state index in [9.17, 15) is 13.2 Å². The zero-order chi connectivity index (χ0) is 16.2. The summed E-state index contributed by atoms with van der Waals surface area (Å²) in [7, 11) is -3.25. The smallest absolute Gasteiger partial charge is 0.237 e. The van der Waals surface area contributed by atoms with Gasteiger partial charge in [-0.05, 0) is 30.2 Å². The molecule has 0 aromatic heterocycles. The Morgan fingerprint density at radius 3 is 2.55 bits per heavy atom. The first-order valence-electron chi connectivity index (χ1n) is 7.96. The summed E-state index contributed by atoms with van der Waals surface area (Å²) in [4.78, 5) is 13.9. The van der Waals surface area contributed by atoms with Crippen LogP contribution in [0.25, 0.3) is 0 Å². The zero-order valence-electron chi connectivity index (χ0n) is 13.4. The monoisotopic (exact) mass is 323 g/mol. The lowest BCUT2D eigenvalue weighted by atomic mass is 9.81. The van der Waals surface area contributed by atoms with Gasteiger partial charge >= 0.3 is 0 Å². The van der Waals surface area contributed by atoms with Crippen molar-refractivity contribution in [3.8, 4) is 0 Å². The Balaban J connectivity index is 1.97. The van der Waals surface area contributed by atoms with Gasteiger partial charge in [0.05, 0.1) is 5.75 Å². The van der Waals surface area contributed by atoms with Crippen molar-refractivity contribution in [3.05, 3.63) is 35.9 Å². The average molecular weight is 323 g/mol. The van der Waals surface area contributed by atoms with Crippen LogP contribution in [0, 0.1) is 5.92 Å². The van der Waals surface area contributed by atoms with E-state index in [1.165, 1.54) is 5.56 Å². The Labute approximate surface area is 133 Å². The third kappa shape index (κ3) is 4.32. The van der Waals surface area contributed by atoms with Gasteiger partial charge in [-0.1, -0.05) is 44.2 Å². The fourth-order valence-corrected chi connectivity index (χ4v) is 4.56. The van der Waals surface area contributed by atoms with Gasteiger partial charge in [0, 0.05) is 13.1 Å². The summed E-state index contributed by atoms with van der Waals surface area (Å²) in [5.74, 6) is 0.288. The molecule has 0 saturated carbocycles. The molecule has 1 amide bonds. The Hall–Kier alpha value is -1.36. The quantitative estimate of drug-likeness (QED) is 0.836. The Bertz CT molecular complexity index is 598. The highest BCUT2D eigenvalue weighted by atomic mass is 32.2. The predicted octanol–water partition coefficient (Wildman–Crippen LogP) is 2.46. The van der Waals surface area contributed by atoms with E-state index in [0.29, 0.717) is 31.3 Å². The third-order valence-corrected chi connectivity index (χ3v) is 6.06. The van der Waals surface area contributed by atoms with Crippen LogP contribution in [-0.2, 0) is 14.6 Å².